The molecule has 19 heavy (non-hydrogen) atoms. The number of rotatable bonds is 4. The lowest BCUT2D eigenvalue weighted by molar-refractivity contribution is -0.0465. The molecule has 3 heteroatoms. The molecule has 2 atom stereocenters. The highest BCUT2D eigenvalue weighted by Gasteiger charge is 2.38. The molecule has 0 amide bonds. The van der Waals surface area contributed by atoms with Crippen LogP contribution in [-0.4, -0.2) is 19.3 Å². The molecule has 2 unspecified atom stereocenters. The molecule has 106 valence electrons. The van der Waals surface area contributed by atoms with Crippen LogP contribution in [0.1, 0.15) is 38.7 Å². The van der Waals surface area contributed by atoms with E-state index in [1.807, 2.05) is 12.1 Å². The maximum atomic E-state index is 13.1. The Bertz CT molecular complexity index is 400. The normalized spacial score (nSPS) is 27.7. The van der Waals surface area contributed by atoms with E-state index < -0.39 is 0 Å². The molecule has 0 aromatic heterocycles. The van der Waals surface area contributed by atoms with Crippen LogP contribution in [0.5, 0.6) is 0 Å². The van der Waals surface area contributed by atoms with E-state index in [2.05, 4.69) is 13.8 Å². The Labute approximate surface area is 115 Å². The molecule has 1 heterocycles. The van der Waals surface area contributed by atoms with E-state index in [9.17, 15) is 4.39 Å². The molecule has 0 spiro atoms. The summed E-state index contributed by atoms with van der Waals surface area (Å²) in [6, 6.07) is 6.92. The topological polar surface area (TPSA) is 35.2 Å². The van der Waals surface area contributed by atoms with E-state index in [0.717, 1.165) is 25.9 Å². The number of hydrogen-bond acceptors (Lipinski definition) is 2. The lowest BCUT2D eigenvalue weighted by Crippen LogP contribution is -2.42. The van der Waals surface area contributed by atoms with Gasteiger partial charge in [0.05, 0.1) is 6.10 Å². The minimum atomic E-state index is -0.181. The number of hydrogen-bond donors (Lipinski definition) is 1. The first-order valence-electron chi connectivity index (χ1n) is 7.15. The molecule has 1 aliphatic heterocycles. The van der Waals surface area contributed by atoms with E-state index >= 15 is 0 Å². The lowest BCUT2D eigenvalue weighted by atomic mass is 9.69. The third-order valence-corrected chi connectivity index (χ3v) is 4.33. The molecule has 1 saturated heterocycles. The highest BCUT2D eigenvalue weighted by Crippen LogP contribution is 2.41. The van der Waals surface area contributed by atoms with Crippen molar-refractivity contribution in [3.8, 4) is 0 Å². The standard InChI is InChI=1S/C16H24FNO/c1-12(2)15-11-16(7-9-18,8-10-19-15)13-3-5-14(17)6-4-13/h3-6,12,15H,7-11,18H2,1-2H3. The largest absolute Gasteiger partial charge is 0.378 e. The van der Waals surface area contributed by atoms with E-state index in [-0.39, 0.29) is 17.3 Å². The Balaban J connectivity index is 2.28. The zero-order valence-corrected chi connectivity index (χ0v) is 11.9. The fraction of sp³-hybridized carbons (Fsp3) is 0.625. The van der Waals surface area contributed by atoms with Crippen molar-refractivity contribution in [1.29, 1.82) is 0 Å². The molecule has 0 radical (unpaired) electrons. The average molecular weight is 265 g/mol. The maximum absolute atomic E-state index is 13.1. The summed E-state index contributed by atoms with van der Waals surface area (Å²) in [6.07, 6.45) is 3.16. The summed E-state index contributed by atoms with van der Waals surface area (Å²) in [6.45, 7) is 5.80. The van der Waals surface area contributed by atoms with Crippen molar-refractivity contribution in [2.24, 2.45) is 11.7 Å². The van der Waals surface area contributed by atoms with Gasteiger partial charge in [-0.1, -0.05) is 26.0 Å². The summed E-state index contributed by atoms with van der Waals surface area (Å²) in [7, 11) is 0. The summed E-state index contributed by atoms with van der Waals surface area (Å²) in [5.74, 6) is 0.317. The van der Waals surface area contributed by atoms with Crippen LogP contribution in [0.2, 0.25) is 0 Å². The van der Waals surface area contributed by atoms with Crippen molar-refractivity contribution in [3.63, 3.8) is 0 Å². The second-order valence-corrected chi connectivity index (χ2v) is 5.93. The molecule has 1 aliphatic rings. The molecule has 1 fully saturated rings. The van der Waals surface area contributed by atoms with E-state index in [1.54, 1.807) is 12.1 Å². The number of benzene rings is 1. The predicted molar refractivity (Wildman–Crippen MR) is 75.6 cm³/mol. The van der Waals surface area contributed by atoms with Crippen LogP contribution in [0, 0.1) is 11.7 Å². The number of ether oxygens (including phenoxy) is 1. The Morgan fingerprint density at radius 3 is 2.63 bits per heavy atom. The molecule has 2 nitrogen and oxygen atoms in total. The van der Waals surface area contributed by atoms with Gasteiger partial charge >= 0.3 is 0 Å². The van der Waals surface area contributed by atoms with Crippen molar-refractivity contribution in [3.05, 3.63) is 35.6 Å². The molecule has 0 aliphatic carbocycles. The van der Waals surface area contributed by atoms with E-state index in [0.29, 0.717) is 12.5 Å². The van der Waals surface area contributed by atoms with E-state index in [4.69, 9.17) is 10.5 Å². The second kappa shape index (κ2) is 6.02. The third-order valence-electron chi connectivity index (χ3n) is 4.33. The summed E-state index contributed by atoms with van der Waals surface area (Å²) in [4.78, 5) is 0. The molecular weight excluding hydrogens is 241 g/mol. The van der Waals surface area contributed by atoms with E-state index in [1.165, 1.54) is 5.56 Å². The zero-order chi connectivity index (χ0) is 13.9. The first-order valence-corrected chi connectivity index (χ1v) is 7.15. The number of halogens is 1. The molecule has 2 rings (SSSR count). The minimum Gasteiger partial charge on any atom is -0.378 e. The van der Waals surface area contributed by atoms with Gasteiger partial charge in [-0.25, -0.2) is 4.39 Å². The van der Waals surface area contributed by atoms with Gasteiger partial charge in [0, 0.05) is 12.0 Å². The van der Waals surface area contributed by atoms with Crippen LogP contribution >= 0.6 is 0 Å². The fourth-order valence-electron chi connectivity index (χ4n) is 3.09. The minimum absolute atomic E-state index is 0.0512. The smallest absolute Gasteiger partial charge is 0.123 e. The molecule has 1 aromatic carbocycles. The van der Waals surface area contributed by atoms with Crippen LogP contribution in [0.3, 0.4) is 0 Å². The monoisotopic (exact) mass is 265 g/mol. The van der Waals surface area contributed by atoms with Gasteiger partial charge < -0.3 is 10.5 Å². The van der Waals surface area contributed by atoms with Crippen molar-refractivity contribution >= 4 is 0 Å². The van der Waals surface area contributed by atoms with Gasteiger partial charge in [0.15, 0.2) is 0 Å². The highest BCUT2D eigenvalue weighted by atomic mass is 19.1. The van der Waals surface area contributed by atoms with Crippen LogP contribution < -0.4 is 5.73 Å². The van der Waals surface area contributed by atoms with Crippen LogP contribution in [0.15, 0.2) is 24.3 Å². The van der Waals surface area contributed by atoms with Gasteiger partial charge in [-0.2, -0.15) is 0 Å². The second-order valence-electron chi connectivity index (χ2n) is 5.93. The molecule has 1 aromatic rings. The Kier molecular flexibility index (Phi) is 4.58. The van der Waals surface area contributed by atoms with Crippen molar-refractivity contribution in [2.45, 2.75) is 44.6 Å². The Morgan fingerprint density at radius 2 is 2.05 bits per heavy atom. The van der Waals surface area contributed by atoms with Crippen molar-refractivity contribution < 1.29 is 9.13 Å². The van der Waals surface area contributed by atoms with Gasteiger partial charge in [-0.3, -0.25) is 0 Å². The maximum Gasteiger partial charge on any atom is 0.123 e. The van der Waals surface area contributed by atoms with Gasteiger partial charge in [0.25, 0.3) is 0 Å². The summed E-state index contributed by atoms with van der Waals surface area (Å²) >= 11 is 0. The summed E-state index contributed by atoms with van der Waals surface area (Å²) in [5.41, 5.74) is 7.07. The van der Waals surface area contributed by atoms with Crippen LogP contribution in [0.25, 0.3) is 0 Å². The first-order chi connectivity index (χ1) is 9.07. The first kappa shape index (κ1) is 14.5. The Hall–Kier alpha value is -0.930. The van der Waals surface area contributed by atoms with Gasteiger partial charge in [0.2, 0.25) is 0 Å². The fourth-order valence-corrected chi connectivity index (χ4v) is 3.09. The lowest BCUT2D eigenvalue weighted by Gasteiger charge is -2.43. The molecule has 2 N–H and O–H groups in total. The molecule has 0 bridgehead atoms. The summed E-state index contributed by atoms with van der Waals surface area (Å²) in [5, 5.41) is 0. The van der Waals surface area contributed by atoms with Gasteiger partial charge in [-0.15, -0.1) is 0 Å². The number of nitrogens with two attached hydrogens (primary N) is 1. The SMILES string of the molecule is CC(C)C1CC(CCN)(c2ccc(F)cc2)CCO1. The average Bonchev–Trinajstić information content (AvgIpc) is 2.40. The van der Waals surface area contributed by atoms with Gasteiger partial charge in [-0.05, 0) is 49.4 Å². The molecule has 0 saturated carbocycles. The third kappa shape index (κ3) is 3.15. The Morgan fingerprint density at radius 1 is 1.37 bits per heavy atom. The quantitative estimate of drug-likeness (QED) is 0.907. The van der Waals surface area contributed by atoms with Crippen molar-refractivity contribution in [1.82, 2.24) is 0 Å². The highest BCUT2D eigenvalue weighted by molar-refractivity contribution is 5.27. The van der Waals surface area contributed by atoms with Crippen LogP contribution in [-0.2, 0) is 10.2 Å². The summed E-state index contributed by atoms with van der Waals surface area (Å²) < 4.78 is 19.0. The van der Waals surface area contributed by atoms with Crippen LogP contribution in [0.4, 0.5) is 4.39 Å². The molecular formula is C16H24FNO. The predicted octanol–water partition coefficient (Wildman–Crippen LogP) is 3.25. The zero-order valence-electron chi connectivity index (χ0n) is 11.9. The van der Waals surface area contributed by atoms with Crippen molar-refractivity contribution in [2.75, 3.05) is 13.2 Å². The van der Waals surface area contributed by atoms with Gasteiger partial charge in [0.1, 0.15) is 5.82 Å².